The van der Waals surface area contributed by atoms with Crippen molar-refractivity contribution in [1.29, 1.82) is 0 Å². The molecule has 0 saturated carbocycles. The maximum Gasteiger partial charge on any atom is 0.248 e. The van der Waals surface area contributed by atoms with Gasteiger partial charge in [0.15, 0.2) is 0 Å². The molecule has 3 nitrogen and oxygen atoms in total. The predicted octanol–water partition coefficient (Wildman–Crippen LogP) is 4.74. The van der Waals surface area contributed by atoms with Crippen molar-refractivity contribution >= 4 is 17.7 Å². The molecule has 0 aliphatic rings. The molecule has 0 aromatic heterocycles. The van der Waals surface area contributed by atoms with Gasteiger partial charge in [-0.1, -0.05) is 31.2 Å². The summed E-state index contributed by atoms with van der Waals surface area (Å²) in [5, 5.41) is 2.89. The highest BCUT2D eigenvalue weighted by molar-refractivity contribution is 6.02. The Balaban J connectivity index is 2.06. The second-order valence-corrected chi connectivity index (χ2v) is 5.59. The van der Waals surface area contributed by atoms with Gasteiger partial charge in [-0.15, -0.1) is 0 Å². The molecule has 0 spiro atoms. The molecule has 1 amide bonds. The predicted molar refractivity (Wildman–Crippen MR) is 95.8 cm³/mol. The fourth-order valence-corrected chi connectivity index (χ4v) is 2.36. The van der Waals surface area contributed by atoms with Crippen molar-refractivity contribution in [3.63, 3.8) is 0 Å². The van der Waals surface area contributed by atoms with Crippen LogP contribution in [0.4, 0.5) is 5.69 Å². The van der Waals surface area contributed by atoms with Crippen LogP contribution in [0, 0.1) is 13.8 Å². The number of hydrogen-bond donors (Lipinski definition) is 1. The zero-order valence-corrected chi connectivity index (χ0v) is 13.9. The van der Waals surface area contributed by atoms with Gasteiger partial charge in [-0.05, 0) is 55.7 Å². The van der Waals surface area contributed by atoms with E-state index in [1.54, 1.807) is 6.08 Å². The monoisotopic (exact) mass is 309 g/mol. The number of para-hydroxylation sites is 1. The van der Waals surface area contributed by atoms with Crippen molar-refractivity contribution in [2.24, 2.45) is 0 Å². The highest BCUT2D eigenvalue weighted by Crippen LogP contribution is 2.20. The molecule has 3 heteroatoms. The van der Waals surface area contributed by atoms with Crippen LogP contribution >= 0.6 is 0 Å². The van der Waals surface area contributed by atoms with Gasteiger partial charge in [0.1, 0.15) is 5.75 Å². The minimum absolute atomic E-state index is 0.153. The van der Waals surface area contributed by atoms with Gasteiger partial charge in [0.05, 0.1) is 6.61 Å². The molecule has 0 fully saturated rings. The molecule has 2 aromatic rings. The number of aryl methyl sites for hydroxylation is 2. The Hall–Kier alpha value is -2.55. The van der Waals surface area contributed by atoms with Crippen molar-refractivity contribution in [3.8, 4) is 5.75 Å². The molecule has 2 rings (SSSR count). The third-order valence-corrected chi connectivity index (χ3v) is 3.28. The molecule has 1 N–H and O–H groups in total. The first kappa shape index (κ1) is 16.8. The van der Waals surface area contributed by atoms with Gasteiger partial charge in [0, 0.05) is 17.3 Å². The third-order valence-electron chi connectivity index (χ3n) is 3.28. The Morgan fingerprint density at radius 3 is 2.52 bits per heavy atom. The lowest BCUT2D eigenvalue weighted by atomic mass is 10.1. The first-order valence-electron chi connectivity index (χ1n) is 7.87. The minimum Gasteiger partial charge on any atom is -0.493 e. The van der Waals surface area contributed by atoms with Crippen molar-refractivity contribution < 1.29 is 9.53 Å². The lowest BCUT2D eigenvalue weighted by Gasteiger charge is -2.08. The Morgan fingerprint density at radius 1 is 1.13 bits per heavy atom. The molecule has 0 aliphatic heterocycles. The fourth-order valence-electron chi connectivity index (χ4n) is 2.36. The van der Waals surface area contributed by atoms with E-state index in [1.165, 1.54) is 6.08 Å². The molecule has 2 aromatic carbocycles. The Kier molecular flexibility index (Phi) is 5.98. The van der Waals surface area contributed by atoms with Crippen molar-refractivity contribution in [2.75, 3.05) is 11.9 Å². The number of amides is 1. The average molecular weight is 309 g/mol. The summed E-state index contributed by atoms with van der Waals surface area (Å²) in [4.78, 5) is 12.1. The van der Waals surface area contributed by atoms with Crippen molar-refractivity contribution in [1.82, 2.24) is 0 Å². The zero-order chi connectivity index (χ0) is 16.7. The molecule has 0 atom stereocenters. The van der Waals surface area contributed by atoms with Gasteiger partial charge in [0.2, 0.25) is 5.91 Å². The van der Waals surface area contributed by atoms with Gasteiger partial charge in [-0.3, -0.25) is 4.79 Å². The first-order valence-corrected chi connectivity index (χ1v) is 7.87. The normalized spacial score (nSPS) is 10.7. The van der Waals surface area contributed by atoms with E-state index in [1.807, 2.05) is 50.2 Å². The van der Waals surface area contributed by atoms with Crippen LogP contribution in [0.5, 0.6) is 5.75 Å². The molecule has 0 saturated heterocycles. The van der Waals surface area contributed by atoms with Gasteiger partial charge in [-0.25, -0.2) is 0 Å². The molecule has 0 unspecified atom stereocenters. The smallest absolute Gasteiger partial charge is 0.248 e. The highest BCUT2D eigenvalue weighted by Gasteiger charge is 2.02. The van der Waals surface area contributed by atoms with Crippen molar-refractivity contribution in [3.05, 3.63) is 65.2 Å². The number of benzene rings is 2. The first-order chi connectivity index (χ1) is 11.1. The van der Waals surface area contributed by atoms with Gasteiger partial charge in [-0.2, -0.15) is 0 Å². The number of hydrogen-bond acceptors (Lipinski definition) is 2. The van der Waals surface area contributed by atoms with Crippen LogP contribution in [0.1, 0.15) is 30.0 Å². The SMILES string of the molecule is CCCOc1ccccc1/C=C/C(=O)Nc1cc(C)cc(C)c1. The van der Waals surface area contributed by atoms with E-state index in [-0.39, 0.29) is 5.91 Å². The summed E-state index contributed by atoms with van der Waals surface area (Å²) in [5.74, 6) is 0.644. The van der Waals surface area contributed by atoms with Crippen LogP contribution in [0.25, 0.3) is 6.08 Å². The summed E-state index contributed by atoms with van der Waals surface area (Å²) >= 11 is 0. The molecule has 0 radical (unpaired) electrons. The number of ether oxygens (including phenoxy) is 1. The summed E-state index contributed by atoms with van der Waals surface area (Å²) in [5.41, 5.74) is 3.97. The summed E-state index contributed by atoms with van der Waals surface area (Å²) in [6.45, 7) is 6.76. The van der Waals surface area contributed by atoms with Crippen LogP contribution in [0.2, 0.25) is 0 Å². The fraction of sp³-hybridized carbons (Fsp3) is 0.250. The molecule has 0 bridgehead atoms. The number of nitrogens with one attached hydrogen (secondary N) is 1. The summed E-state index contributed by atoms with van der Waals surface area (Å²) in [6, 6.07) is 13.7. The summed E-state index contributed by atoms with van der Waals surface area (Å²) in [6.07, 6.45) is 4.26. The maximum absolute atomic E-state index is 12.1. The summed E-state index contributed by atoms with van der Waals surface area (Å²) in [7, 11) is 0. The average Bonchev–Trinajstić information content (AvgIpc) is 2.50. The Labute approximate surface area is 138 Å². The lowest BCUT2D eigenvalue weighted by Crippen LogP contribution is -2.08. The van der Waals surface area contributed by atoms with Crippen LogP contribution in [-0.2, 0) is 4.79 Å². The Morgan fingerprint density at radius 2 is 1.83 bits per heavy atom. The molecule has 23 heavy (non-hydrogen) atoms. The van der Waals surface area contributed by atoms with Crippen LogP contribution < -0.4 is 10.1 Å². The summed E-state index contributed by atoms with van der Waals surface area (Å²) < 4.78 is 5.69. The van der Waals surface area contributed by atoms with E-state index in [2.05, 4.69) is 18.3 Å². The highest BCUT2D eigenvalue weighted by atomic mass is 16.5. The minimum atomic E-state index is -0.153. The van der Waals surface area contributed by atoms with E-state index >= 15 is 0 Å². The number of rotatable bonds is 6. The third kappa shape index (κ3) is 5.29. The number of anilines is 1. The van der Waals surface area contributed by atoms with Gasteiger partial charge >= 0.3 is 0 Å². The van der Waals surface area contributed by atoms with E-state index in [0.29, 0.717) is 6.61 Å². The van der Waals surface area contributed by atoms with Crippen LogP contribution in [0.3, 0.4) is 0 Å². The van der Waals surface area contributed by atoms with Gasteiger partial charge in [0.25, 0.3) is 0 Å². The van der Waals surface area contributed by atoms with E-state index < -0.39 is 0 Å². The zero-order valence-electron chi connectivity index (χ0n) is 13.9. The lowest BCUT2D eigenvalue weighted by molar-refractivity contribution is -0.111. The second kappa shape index (κ2) is 8.18. The maximum atomic E-state index is 12.1. The standard InChI is InChI=1S/C20H23NO2/c1-4-11-23-19-8-6-5-7-17(19)9-10-20(22)21-18-13-15(2)12-16(3)14-18/h5-10,12-14H,4,11H2,1-3H3,(H,21,22)/b10-9+. The van der Waals surface area contributed by atoms with E-state index in [4.69, 9.17) is 4.74 Å². The topological polar surface area (TPSA) is 38.3 Å². The molecule has 120 valence electrons. The Bertz CT molecular complexity index is 684. The van der Waals surface area contributed by atoms with Crippen LogP contribution in [-0.4, -0.2) is 12.5 Å². The largest absolute Gasteiger partial charge is 0.493 e. The van der Waals surface area contributed by atoms with Crippen molar-refractivity contribution in [2.45, 2.75) is 27.2 Å². The molecule has 0 aliphatic carbocycles. The number of carbonyl (C=O) groups excluding carboxylic acids is 1. The molecular weight excluding hydrogens is 286 g/mol. The number of carbonyl (C=O) groups is 1. The van der Waals surface area contributed by atoms with E-state index in [9.17, 15) is 4.79 Å². The molecular formula is C20H23NO2. The quantitative estimate of drug-likeness (QED) is 0.782. The molecule has 0 heterocycles. The van der Waals surface area contributed by atoms with Crippen LogP contribution in [0.15, 0.2) is 48.5 Å². The van der Waals surface area contributed by atoms with Gasteiger partial charge < -0.3 is 10.1 Å². The van der Waals surface area contributed by atoms with E-state index in [0.717, 1.165) is 34.5 Å². The second-order valence-electron chi connectivity index (χ2n) is 5.59.